The number of carboxylic acids is 1. The van der Waals surface area contributed by atoms with Gasteiger partial charge in [-0.25, -0.2) is 4.79 Å². The number of nitrogens with zero attached hydrogens (tertiary/aromatic N) is 2. The molecule has 116 valence electrons. The Morgan fingerprint density at radius 1 is 1.14 bits per heavy atom. The molecule has 5 nitrogen and oxygen atoms in total. The van der Waals surface area contributed by atoms with Crippen molar-refractivity contribution in [2.45, 2.75) is 26.7 Å². The first kappa shape index (κ1) is 17.0. The summed E-state index contributed by atoms with van der Waals surface area (Å²) in [6, 6.07) is 9.01. The van der Waals surface area contributed by atoms with Crippen LogP contribution in [0.25, 0.3) is 0 Å². The molecule has 0 radical (unpaired) electrons. The van der Waals surface area contributed by atoms with Crippen molar-refractivity contribution >= 4 is 17.7 Å². The predicted octanol–water partition coefficient (Wildman–Crippen LogP) is 3.07. The summed E-state index contributed by atoms with van der Waals surface area (Å²) in [7, 11) is 1.75. The van der Waals surface area contributed by atoms with Gasteiger partial charge in [-0.2, -0.15) is 0 Å². The molecule has 0 bridgehead atoms. The van der Waals surface area contributed by atoms with Gasteiger partial charge < -0.3 is 10.0 Å². The second kappa shape index (κ2) is 8.29. The summed E-state index contributed by atoms with van der Waals surface area (Å²) in [6.07, 6.45) is 0.850. The Bertz CT molecular complexity index is 460. The maximum absolute atomic E-state index is 12.5. The van der Waals surface area contributed by atoms with E-state index in [4.69, 9.17) is 5.11 Å². The quantitative estimate of drug-likeness (QED) is 0.840. The van der Waals surface area contributed by atoms with Gasteiger partial charge in [-0.15, -0.1) is 0 Å². The summed E-state index contributed by atoms with van der Waals surface area (Å²) in [5, 5.41) is 8.85. The molecule has 1 rings (SSSR count). The summed E-state index contributed by atoms with van der Waals surface area (Å²) < 4.78 is 0. The average Bonchev–Trinajstić information content (AvgIpc) is 2.45. The van der Waals surface area contributed by atoms with Gasteiger partial charge >= 0.3 is 12.0 Å². The number of urea groups is 1. The van der Waals surface area contributed by atoms with Crippen molar-refractivity contribution in [1.82, 2.24) is 4.90 Å². The summed E-state index contributed by atoms with van der Waals surface area (Å²) in [5.74, 6) is -0.391. The van der Waals surface area contributed by atoms with Crippen LogP contribution in [0.5, 0.6) is 0 Å². The SMILES string of the molecule is CC(C)CCN(C)C(=O)N(CCC(=O)O)c1ccccc1. The monoisotopic (exact) mass is 292 g/mol. The average molecular weight is 292 g/mol. The van der Waals surface area contributed by atoms with E-state index >= 15 is 0 Å². The highest BCUT2D eigenvalue weighted by molar-refractivity contribution is 5.92. The lowest BCUT2D eigenvalue weighted by molar-refractivity contribution is -0.136. The molecule has 0 heterocycles. The molecule has 0 aliphatic rings. The van der Waals surface area contributed by atoms with Gasteiger partial charge in [0.15, 0.2) is 0 Å². The minimum absolute atomic E-state index is 0.0708. The normalized spacial score (nSPS) is 10.5. The number of carbonyl (C=O) groups is 2. The van der Waals surface area contributed by atoms with Crippen LogP contribution in [0.15, 0.2) is 30.3 Å². The van der Waals surface area contributed by atoms with Crippen molar-refractivity contribution in [3.63, 3.8) is 0 Å². The van der Waals surface area contributed by atoms with Gasteiger partial charge in [0.2, 0.25) is 0 Å². The van der Waals surface area contributed by atoms with Crippen molar-refractivity contribution in [1.29, 1.82) is 0 Å². The van der Waals surface area contributed by atoms with Crippen LogP contribution in [0.1, 0.15) is 26.7 Å². The molecule has 5 heteroatoms. The Kier molecular flexibility index (Phi) is 6.72. The van der Waals surface area contributed by atoms with Crippen molar-refractivity contribution in [3.05, 3.63) is 30.3 Å². The molecule has 2 amide bonds. The number of carboxylic acid groups (broad SMARTS) is 1. The third kappa shape index (κ3) is 5.85. The molecule has 0 saturated heterocycles. The molecule has 21 heavy (non-hydrogen) atoms. The number of rotatable bonds is 7. The van der Waals surface area contributed by atoms with Crippen LogP contribution in [0.3, 0.4) is 0 Å². The molecule has 1 N–H and O–H groups in total. The Balaban J connectivity index is 2.80. The lowest BCUT2D eigenvalue weighted by Gasteiger charge is -2.28. The first-order valence-electron chi connectivity index (χ1n) is 7.21. The Morgan fingerprint density at radius 2 is 1.76 bits per heavy atom. The van der Waals surface area contributed by atoms with E-state index < -0.39 is 5.97 Å². The number of hydrogen-bond donors (Lipinski definition) is 1. The molecule has 0 unspecified atom stereocenters. The van der Waals surface area contributed by atoms with E-state index in [0.717, 1.165) is 12.1 Å². The number of benzene rings is 1. The van der Waals surface area contributed by atoms with Gasteiger partial charge in [0.1, 0.15) is 0 Å². The maximum atomic E-state index is 12.5. The van der Waals surface area contributed by atoms with E-state index in [-0.39, 0.29) is 19.0 Å². The molecule has 1 aromatic carbocycles. The summed E-state index contributed by atoms with van der Waals surface area (Å²) in [4.78, 5) is 26.5. The smallest absolute Gasteiger partial charge is 0.324 e. The third-order valence-electron chi connectivity index (χ3n) is 3.22. The van der Waals surface area contributed by atoms with Gasteiger partial charge in [0.05, 0.1) is 6.42 Å². The standard InChI is InChI=1S/C16H24N2O3/c1-13(2)9-11-17(3)16(21)18(12-10-15(19)20)14-7-5-4-6-8-14/h4-8,13H,9-12H2,1-3H3,(H,19,20). The van der Waals surface area contributed by atoms with E-state index in [2.05, 4.69) is 13.8 Å². The fraction of sp³-hybridized carbons (Fsp3) is 0.500. The third-order valence-corrected chi connectivity index (χ3v) is 3.22. The zero-order valence-electron chi connectivity index (χ0n) is 13.0. The van der Waals surface area contributed by atoms with E-state index in [1.807, 2.05) is 30.3 Å². The fourth-order valence-corrected chi connectivity index (χ4v) is 1.90. The van der Waals surface area contributed by atoms with E-state index in [0.29, 0.717) is 12.5 Å². The number of amides is 2. The lowest BCUT2D eigenvalue weighted by atomic mass is 10.1. The van der Waals surface area contributed by atoms with Crippen LogP contribution in [0, 0.1) is 5.92 Å². The van der Waals surface area contributed by atoms with E-state index in [1.165, 1.54) is 4.90 Å². The fourth-order valence-electron chi connectivity index (χ4n) is 1.90. The molecule has 0 spiro atoms. The second-order valence-electron chi connectivity index (χ2n) is 5.52. The molecule has 0 aliphatic heterocycles. The minimum atomic E-state index is -0.909. The van der Waals surface area contributed by atoms with Crippen LogP contribution in [-0.4, -0.2) is 42.1 Å². The zero-order chi connectivity index (χ0) is 15.8. The molecule has 0 atom stereocenters. The molecule has 1 aromatic rings. The summed E-state index contributed by atoms with van der Waals surface area (Å²) in [6.45, 7) is 5.05. The van der Waals surface area contributed by atoms with Crippen LogP contribution in [0.2, 0.25) is 0 Å². The Labute approximate surface area is 126 Å². The highest BCUT2D eigenvalue weighted by Crippen LogP contribution is 2.16. The number of carbonyl (C=O) groups excluding carboxylic acids is 1. The lowest BCUT2D eigenvalue weighted by Crippen LogP contribution is -2.43. The van der Waals surface area contributed by atoms with E-state index in [1.54, 1.807) is 11.9 Å². The van der Waals surface area contributed by atoms with Gasteiger partial charge in [0, 0.05) is 25.8 Å². The molecular weight excluding hydrogens is 268 g/mol. The number of anilines is 1. The molecule has 0 fully saturated rings. The molecular formula is C16H24N2O3. The van der Waals surface area contributed by atoms with Crippen LogP contribution in [0.4, 0.5) is 10.5 Å². The van der Waals surface area contributed by atoms with Crippen molar-refractivity contribution < 1.29 is 14.7 Å². The maximum Gasteiger partial charge on any atom is 0.324 e. The van der Waals surface area contributed by atoms with Crippen LogP contribution in [-0.2, 0) is 4.79 Å². The number of hydrogen-bond acceptors (Lipinski definition) is 2. The zero-order valence-corrected chi connectivity index (χ0v) is 13.0. The van der Waals surface area contributed by atoms with Gasteiger partial charge in [-0.1, -0.05) is 32.0 Å². The number of para-hydroxylation sites is 1. The molecule has 0 saturated carbocycles. The van der Waals surface area contributed by atoms with Gasteiger partial charge in [0.25, 0.3) is 0 Å². The Hall–Kier alpha value is -2.04. The van der Waals surface area contributed by atoms with Gasteiger partial charge in [-0.05, 0) is 24.5 Å². The summed E-state index contributed by atoms with van der Waals surface area (Å²) >= 11 is 0. The number of aliphatic carboxylic acids is 1. The first-order chi connectivity index (χ1) is 9.91. The largest absolute Gasteiger partial charge is 0.481 e. The summed E-state index contributed by atoms with van der Waals surface area (Å²) in [5.41, 5.74) is 0.722. The Morgan fingerprint density at radius 3 is 2.29 bits per heavy atom. The van der Waals surface area contributed by atoms with Gasteiger partial charge in [-0.3, -0.25) is 9.69 Å². The highest BCUT2D eigenvalue weighted by Gasteiger charge is 2.20. The van der Waals surface area contributed by atoms with Crippen molar-refractivity contribution in [2.24, 2.45) is 5.92 Å². The topological polar surface area (TPSA) is 60.9 Å². The molecule has 0 aliphatic carbocycles. The van der Waals surface area contributed by atoms with Crippen LogP contribution >= 0.6 is 0 Å². The first-order valence-corrected chi connectivity index (χ1v) is 7.21. The van der Waals surface area contributed by atoms with Crippen molar-refractivity contribution in [3.8, 4) is 0 Å². The predicted molar refractivity (Wildman–Crippen MR) is 83.5 cm³/mol. The minimum Gasteiger partial charge on any atom is -0.481 e. The van der Waals surface area contributed by atoms with E-state index in [9.17, 15) is 9.59 Å². The van der Waals surface area contributed by atoms with Crippen molar-refractivity contribution in [2.75, 3.05) is 25.0 Å². The van der Waals surface area contributed by atoms with Crippen LogP contribution < -0.4 is 4.90 Å². The highest BCUT2D eigenvalue weighted by atomic mass is 16.4. The second-order valence-corrected chi connectivity index (χ2v) is 5.52. The molecule has 0 aromatic heterocycles.